The van der Waals surface area contributed by atoms with Gasteiger partial charge in [0.25, 0.3) is 0 Å². The summed E-state index contributed by atoms with van der Waals surface area (Å²) in [5.74, 6) is 0.813. The van der Waals surface area contributed by atoms with Gasteiger partial charge in [-0.15, -0.1) is 0 Å². The van der Waals surface area contributed by atoms with Crippen LogP contribution in [-0.4, -0.2) is 11.9 Å². The minimum absolute atomic E-state index is 0.424. The molecule has 0 saturated heterocycles. The highest BCUT2D eigenvalue weighted by atomic mass is 79.9. The highest BCUT2D eigenvalue weighted by Crippen LogP contribution is 2.13. The van der Waals surface area contributed by atoms with E-state index < -0.39 is 0 Å². The van der Waals surface area contributed by atoms with E-state index in [2.05, 4.69) is 28.1 Å². The number of nitrogens with zero attached hydrogens (tertiary/aromatic N) is 1. The zero-order chi connectivity index (χ0) is 11.6. The number of nitriles is 1. The fourth-order valence-corrected chi connectivity index (χ4v) is 1.44. The van der Waals surface area contributed by atoms with Gasteiger partial charge in [0, 0.05) is 5.33 Å². The van der Waals surface area contributed by atoms with E-state index in [1.165, 1.54) is 0 Å². The predicted molar refractivity (Wildman–Crippen MR) is 69.6 cm³/mol. The monoisotopic (exact) mass is 279 g/mol. The number of hydrogen-bond acceptors (Lipinski definition) is 2. The molecule has 3 heteroatoms. The summed E-state index contributed by atoms with van der Waals surface area (Å²) in [5.41, 5.74) is 1.16. The third kappa shape index (κ3) is 4.99. The maximum atomic E-state index is 8.37. The molecule has 0 amide bonds. The fraction of sp³-hybridized carbons (Fsp3) is 0.308. The van der Waals surface area contributed by atoms with Crippen LogP contribution in [-0.2, 0) is 0 Å². The number of ether oxygens (including phenoxy) is 1. The smallest absolute Gasteiger partial charge is 0.119 e. The van der Waals surface area contributed by atoms with Crippen LogP contribution in [0.2, 0.25) is 0 Å². The summed E-state index contributed by atoms with van der Waals surface area (Å²) in [6.07, 6.45) is 5.66. The second kappa shape index (κ2) is 7.95. The van der Waals surface area contributed by atoms with Crippen molar-refractivity contribution in [3.63, 3.8) is 0 Å². The molecule has 1 aromatic carbocycles. The van der Waals surface area contributed by atoms with Crippen molar-refractivity contribution in [3.05, 3.63) is 35.9 Å². The van der Waals surface area contributed by atoms with Gasteiger partial charge >= 0.3 is 0 Å². The molecule has 0 heterocycles. The lowest BCUT2D eigenvalue weighted by molar-refractivity contribution is 0.326. The zero-order valence-electron chi connectivity index (χ0n) is 9.03. The normalized spacial score (nSPS) is 10.2. The lowest BCUT2D eigenvalue weighted by Crippen LogP contribution is -1.95. The van der Waals surface area contributed by atoms with Crippen molar-refractivity contribution in [1.82, 2.24) is 0 Å². The van der Waals surface area contributed by atoms with E-state index in [1.807, 2.05) is 30.3 Å². The Bertz CT molecular complexity index is 365. The molecule has 0 unspecified atom stereocenters. The van der Waals surface area contributed by atoms with E-state index in [9.17, 15) is 0 Å². The van der Waals surface area contributed by atoms with Gasteiger partial charge in [0.15, 0.2) is 0 Å². The van der Waals surface area contributed by atoms with Crippen LogP contribution in [0.4, 0.5) is 0 Å². The Morgan fingerprint density at radius 2 is 2.06 bits per heavy atom. The average molecular weight is 280 g/mol. The molecular weight excluding hydrogens is 266 g/mol. The van der Waals surface area contributed by atoms with Crippen molar-refractivity contribution < 1.29 is 4.74 Å². The Balaban J connectivity index is 2.45. The maximum absolute atomic E-state index is 8.37. The van der Waals surface area contributed by atoms with Crippen molar-refractivity contribution in [3.8, 4) is 11.8 Å². The minimum atomic E-state index is 0.424. The second-order valence-electron chi connectivity index (χ2n) is 3.21. The van der Waals surface area contributed by atoms with Crippen molar-refractivity contribution in [1.29, 1.82) is 5.26 Å². The standard InChI is InChI=1S/C13H14BrNO/c14-9-2-1-4-12-5-7-13(8-6-12)16-11-3-10-15/h1,4-8H,2-3,9,11H2. The van der Waals surface area contributed by atoms with E-state index in [4.69, 9.17) is 10.00 Å². The Hall–Kier alpha value is -1.27. The molecule has 0 spiro atoms. The molecule has 2 nitrogen and oxygen atoms in total. The van der Waals surface area contributed by atoms with Gasteiger partial charge in [-0.2, -0.15) is 5.26 Å². The first-order valence-corrected chi connectivity index (χ1v) is 6.31. The Morgan fingerprint density at radius 3 is 2.69 bits per heavy atom. The van der Waals surface area contributed by atoms with Gasteiger partial charge < -0.3 is 4.74 Å². The first-order chi connectivity index (χ1) is 7.86. The van der Waals surface area contributed by atoms with Gasteiger partial charge in [0.05, 0.1) is 12.5 Å². The van der Waals surface area contributed by atoms with Crippen LogP contribution in [0.5, 0.6) is 5.75 Å². The summed E-state index contributed by atoms with van der Waals surface area (Å²) in [6.45, 7) is 0.454. The first kappa shape index (κ1) is 12.8. The molecule has 0 saturated carbocycles. The largest absolute Gasteiger partial charge is 0.493 e. The summed E-state index contributed by atoms with van der Waals surface area (Å²) in [5, 5.41) is 9.35. The van der Waals surface area contributed by atoms with E-state index in [0.717, 1.165) is 23.1 Å². The van der Waals surface area contributed by atoms with Crippen molar-refractivity contribution in [2.75, 3.05) is 11.9 Å². The number of rotatable bonds is 6. The van der Waals surface area contributed by atoms with Crippen LogP contribution in [0.1, 0.15) is 18.4 Å². The third-order valence-corrected chi connectivity index (χ3v) is 2.41. The van der Waals surface area contributed by atoms with Gasteiger partial charge in [0.2, 0.25) is 0 Å². The summed E-state index contributed by atoms with van der Waals surface area (Å²) >= 11 is 3.37. The van der Waals surface area contributed by atoms with Crippen molar-refractivity contribution in [2.45, 2.75) is 12.8 Å². The van der Waals surface area contributed by atoms with Crippen LogP contribution in [0.15, 0.2) is 30.3 Å². The lowest BCUT2D eigenvalue weighted by Gasteiger charge is -2.03. The van der Waals surface area contributed by atoms with E-state index >= 15 is 0 Å². The molecule has 0 aliphatic rings. The van der Waals surface area contributed by atoms with Gasteiger partial charge in [-0.25, -0.2) is 0 Å². The third-order valence-electron chi connectivity index (χ3n) is 1.95. The van der Waals surface area contributed by atoms with E-state index in [-0.39, 0.29) is 0 Å². The van der Waals surface area contributed by atoms with Crippen LogP contribution in [0.25, 0.3) is 6.08 Å². The number of alkyl halides is 1. The number of benzene rings is 1. The van der Waals surface area contributed by atoms with Crippen molar-refractivity contribution in [2.24, 2.45) is 0 Å². The van der Waals surface area contributed by atoms with Gasteiger partial charge in [-0.1, -0.05) is 40.2 Å². The van der Waals surface area contributed by atoms with Gasteiger partial charge in [-0.05, 0) is 24.1 Å². The molecular formula is C13H14BrNO. The predicted octanol–water partition coefficient (Wildman–Crippen LogP) is 3.78. The quantitative estimate of drug-likeness (QED) is 0.587. The molecule has 0 radical (unpaired) electrons. The molecule has 84 valence electrons. The maximum Gasteiger partial charge on any atom is 0.119 e. The second-order valence-corrected chi connectivity index (χ2v) is 4.00. The minimum Gasteiger partial charge on any atom is -0.493 e. The van der Waals surface area contributed by atoms with Crippen molar-refractivity contribution >= 4 is 22.0 Å². The molecule has 0 aliphatic heterocycles. The molecule has 0 bridgehead atoms. The molecule has 0 fully saturated rings. The van der Waals surface area contributed by atoms with E-state index in [1.54, 1.807) is 0 Å². The van der Waals surface area contributed by atoms with Crippen LogP contribution < -0.4 is 4.74 Å². The molecule has 0 N–H and O–H groups in total. The Morgan fingerprint density at radius 1 is 1.31 bits per heavy atom. The number of halogens is 1. The topological polar surface area (TPSA) is 33.0 Å². The fourth-order valence-electron chi connectivity index (χ4n) is 1.17. The average Bonchev–Trinajstić information content (AvgIpc) is 2.32. The first-order valence-electron chi connectivity index (χ1n) is 5.19. The Kier molecular flexibility index (Phi) is 6.36. The highest BCUT2D eigenvalue weighted by molar-refractivity contribution is 9.09. The summed E-state index contributed by atoms with van der Waals surface area (Å²) in [7, 11) is 0. The number of allylic oxidation sites excluding steroid dienone is 1. The van der Waals surface area contributed by atoms with Gasteiger partial charge in [0.1, 0.15) is 12.4 Å². The molecule has 0 aliphatic carbocycles. The summed E-state index contributed by atoms with van der Waals surface area (Å²) < 4.78 is 5.37. The van der Waals surface area contributed by atoms with Crippen LogP contribution >= 0.6 is 15.9 Å². The molecule has 1 aromatic rings. The number of hydrogen-bond donors (Lipinski definition) is 0. The molecule has 1 rings (SSSR count). The van der Waals surface area contributed by atoms with Gasteiger partial charge in [-0.3, -0.25) is 0 Å². The lowest BCUT2D eigenvalue weighted by atomic mass is 10.2. The van der Waals surface area contributed by atoms with E-state index in [0.29, 0.717) is 13.0 Å². The summed E-state index contributed by atoms with van der Waals surface area (Å²) in [4.78, 5) is 0. The SMILES string of the molecule is N#CCCOc1ccc(C=CCCBr)cc1. The zero-order valence-corrected chi connectivity index (χ0v) is 10.6. The highest BCUT2D eigenvalue weighted by Gasteiger charge is 1.92. The molecule has 0 aromatic heterocycles. The molecule has 16 heavy (non-hydrogen) atoms. The summed E-state index contributed by atoms with van der Waals surface area (Å²) in [6, 6.07) is 9.90. The Labute approximate surface area is 105 Å². The van der Waals surface area contributed by atoms with Crippen LogP contribution in [0, 0.1) is 11.3 Å². The van der Waals surface area contributed by atoms with Crippen LogP contribution in [0.3, 0.4) is 0 Å². The molecule has 0 atom stereocenters.